The predicted molar refractivity (Wildman–Crippen MR) is 111 cm³/mol. The monoisotopic (exact) mass is 445 g/mol. The fraction of sp³-hybridized carbons (Fsp3) is 0.316. The van der Waals surface area contributed by atoms with Crippen LogP contribution in [0.25, 0.3) is 0 Å². The number of nitrogens with one attached hydrogen (secondary N) is 2. The van der Waals surface area contributed by atoms with E-state index in [-0.39, 0.29) is 30.0 Å². The van der Waals surface area contributed by atoms with Crippen LogP contribution in [0.5, 0.6) is 0 Å². The molecule has 2 atom stereocenters. The van der Waals surface area contributed by atoms with Crippen molar-refractivity contribution in [1.29, 1.82) is 0 Å². The Kier molecular flexibility index (Phi) is 6.09. The summed E-state index contributed by atoms with van der Waals surface area (Å²) in [6, 6.07) is 8.27. The first-order valence-corrected chi connectivity index (χ1v) is 11.3. The maximum absolute atomic E-state index is 12.7. The molecule has 3 N–H and O–H groups in total. The van der Waals surface area contributed by atoms with E-state index in [1.54, 1.807) is 6.20 Å². The van der Waals surface area contributed by atoms with Gasteiger partial charge >= 0.3 is 5.97 Å². The van der Waals surface area contributed by atoms with E-state index in [2.05, 4.69) is 20.7 Å². The van der Waals surface area contributed by atoms with Crippen LogP contribution >= 0.6 is 23.5 Å². The fourth-order valence-corrected chi connectivity index (χ4v) is 5.70. The fourth-order valence-electron chi connectivity index (χ4n) is 3.60. The predicted octanol–water partition coefficient (Wildman–Crippen LogP) is 1.62. The van der Waals surface area contributed by atoms with E-state index in [1.165, 1.54) is 28.4 Å². The number of nitrogens with zero attached hydrogens (tertiary/aromatic N) is 3. The van der Waals surface area contributed by atoms with Crippen molar-refractivity contribution in [3.63, 3.8) is 0 Å². The first-order valence-electron chi connectivity index (χ1n) is 9.29. The Morgan fingerprint density at radius 3 is 2.77 bits per heavy atom. The van der Waals surface area contributed by atoms with Gasteiger partial charge in [-0.3, -0.25) is 19.6 Å². The van der Waals surface area contributed by atoms with Gasteiger partial charge in [-0.05, 0) is 18.4 Å². The summed E-state index contributed by atoms with van der Waals surface area (Å²) in [7, 11) is 0. The van der Waals surface area contributed by atoms with E-state index in [0.29, 0.717) is 22.8 Å². The maximum Gasteiger partial charge on any atom is 0.353 e. The molecule has 0 radical (unpaired) electrons. The van der Waals surface area contributed by atoms with Crippen LogP contribution in [0.15, 0.2) is 52.2 Å². The molecular formula is C19H19N5O4S2. The van der Waals surface area contributed by atoms with Gasteiger partial charge in [-0.15, -0.1) is 16.9 Å². The number of thioether (sulfide) groups is 2. The molecule has 3 heterocycles. The Labute approximate surface area is 180 Å². The summed E-state index contributed by atoms with van der Waals surface area (Å²) in [4.78, 5) is 38.9. The Morgan fingerprint density at radius 1 is 1.27 bits per heavy atom. The SMILES string of the molecule is O=C(Cc1ccccc1)N[C@@H]1C(=O)N2C(C(=O)O)=C(SCSc3c[nH]nn3)CC[C@H]12. The van der Waals surface area contributed by atoms with Crippen LogP contribution in [-0.4, -0.2) is 60.4 Å². The molecule has 9 nitrogen and oxygen atoms in total. The number of rotatable bonds is 8. The summed E-state index contributed by atoms with van der Waals surface area (Å²) in [5.41, 5.74) is 0.882. The Morgan fingerprint density at radius 2 is 2.07 bits per heavy atom. The molecule has 4 rings (SSSR count). The minimum Gasteiger partial charge on any atom is -0.477 e. The minimum atomic E-state index is -1.13. The molecule has 1 aromatic carbocycles. The lowest BCUT2D eigenvalue weighted by Crippen LogP contribution is -2.71. The molecule has 2 aliphatic heterocycles. The summed E-state index contributed by atoms with van der Waals surface area (Å²) < 4.78 is 0. The van der Waals surface area contributed by atoms with Gasteiger partial charge in [-0.25, -0.2) is 4.79 Å². The van der Waals surface area contributed by atoms with Crippen LogP contribution in [0.2, 0.25) is 0 Å². The van der Waals surface area contributed by atoms with Crippen LogP contribution in [0.4, 0.5) is 0 Å². The van der Waals surface area contributed by atoms with E-state index in [0.717, 1.165) is 10.6 Å². The maximum atomic E-state index is 12.7. The summed E-state index contributed by atoms with van der Waals surface area (Å²) >= 11 is 2.83. The van der Waals surface area contributed by atoms with Gasteiger partial charge in [0, 0.05) is 4.91 Å². The molecular weight excluding hydrogens is 426 g/mol. The van der Waals surface area contributed by atoms with Gasteiger partial charge < -0.3 is 10.4 Å². The Balaban J connectivity index is 1.39. The van der Waals surface area contributed by atoms with Gasteiger partial charge in [-0.1, -0.05) is 47.3 Å². The van der Waals surface area contributed by atoms with Crippen molar-refractivity contribution >= 4 is 41.3 Å². The number of allylic oxidation sites excluding steroid dienone is 1. The minimum absolute atomic E-state index is 0.0237. The molecule has 1 saturated heterocycles. The number of benzene rings is 1. The summed E-state index contributed by atoms with van der Waals surface area (Å²) in [6.07, 6.45) is 3.00. The number of hydrogen-bond acceptors (Lipinski definition) is 7. The molecule has 2 aromatic rings. The number of aliphatic carboxylic acids is 1. The van der Waals surface area contributed by atoms with E-state index in [1.807, 2.05) is 30.3 Å². The lowest BCUT2D eigenvalue weighted by Gasteiger charge is -2.50. The molecule has 2 amide bonds. The summed E-state index contributed by atoms with van der Waals surface area (Å²) in [5, 5.41) is 23.9. The number of carbonyl (C=O) groups is 3. The second-order valence-electron chi connectivity index (χ2n) is 6.82. The second-order valence-corrected chi connectivity index (χ2v) is 9.25. The van der Waals surface area contributed by atoms with Gasteiger partial charge in [-0.2, -0.15) is 0 Å². The second kappa shape index (κ2) is 8.92. The first kappa shape index (κ1) is 20.5. The van der Waals surface area contributed by atoms with Crippen LogP contribution in [-0.2, 0) is 20.8 Å². The van der Waals surface area contributed by atoms with E-state index in [9.17, 15) is 19.5 Å². The lowest BCUT2D eigenvalue weighted by atomic mass is 9.86. The zero-order chi connectivity index (χ0) is 21.1. The van der Waals surface area contributed by atoms with Crippen molar-refractivity contribution in [1.82, 2.24) is 25.6 Å². The molecule has 11 heteroatoms. The number of carboxylic acids is 1. The number of fused-ring (bicyclic) bond motifs is 1. The molecule has 1 fully saturated rings. The van der Waals surface area contributed by atoms with Crippen molar-refractivity contribution in [2.24, 2.45) is 0 Å². The van der Waals surface area contributed by atoms with Gasteiger partial charge in [0.1, 0.15) is 16.8 Å². The molecule has 0 saturated carbocycles. The number of aromatic amines is 1. The molecule has 1 aromatic heterocycles. The van der Waals surface area contributed by atoms with Crippen molar-refractivity contribution in [3.8, 4) is 0 Å². The van der Waals surface area contributed by atoms with Crippen LogP contribution in [0.3, 0.4) is 0 Å². The molecule has 30 heavy (non-hydrogen) atoms. The van der Waals surface area contributed by atoms with Crippen LogP contribution in [0.1, 0.15) is 18.4 Å². The third-order valence-corrected chi connectivity index (χ3v) is 7.14. The molecule has 0 unspecified atom stereocenters. The van der Waals surface area contributed by atoms with E-state index < -0.39 is 12.0 Å². The third kappa shape index (κ3) is 4.21. The molecule has 0 bridgehead atoms. The van der Waals surface area contributed by atoms with Gasteiger partial charge in [0.15, 0.2) is 0 Å². The summed E-state index contributed by atoms with van der Waals surface area (Å²) in [5.74, 6) is -1.75. The Hall–Kier alpha value is -2.79. The highest BCUT2D eigenvalue weighted by Gasteiger charge is 2.53. The quantitative estimate of drug-likeness (QED) is 0.318. The van der Waals surface area contributed by atoms with Gasteiger partial charge in [0.2, 0.25) is 5.91 Å². The standard InChI is InChI=1S/C19H19N5O4S2/c25-14(8-11-4-2-1-3-5-11)21-16-12-6-7-13(17(19(27)28)24(12)18(16)26)29-10-30-15-9-20-23-22-15/h1-5,9,12,16H,6-8,10H2,(H,21,25)(H,27,28)(H,20,22,23)/t12-,16+/m1/s1. The van der Waals surface area contributed by atoms with Crippen molar-refractivity contribution < 1.29 is 19.5 Å². The topological polar surface area (TPSA) is 128 Å². The van der Waals surface area contributed by atoms with Crippen LogP contribution in [0, 0.1) is 0 Å². The molecule has 0 spiro atoms. The van der Waals surface area contributed by atoms with Crippen molar-refractivity contribution in [2.45, 2.75) is 36.4 Å². The zero-order valence-corrected chi connectivity index (χ0v) is 17.4. The largest absolute Gasteiger partial charge is 0.477 e. The molecule has 0 aliphatic carbocycles. The first-order chi connectivity index (χ1) is 14.5. The van der Waals surface area contributed by atoms with Crippen molar-refractivity contribution in [3.05, 3.63) is 52.7 Å². The van der Waals surface area contributed by atoms with E-state index >= 15 is 0 Å². The highest BCUT2D eigenvalue weighted by Crippen LogP contribution is 2.42. The van der Waals surface area contributed by atoms with Crippen molar-refractivity contribution in [2.75, 3.05) is 5.08 Å². The number of β-lactam (4-membered cyclic amide) rings is 1. The third-order valence-electron chi connectivity index (χ3n) is 4.95. The number of carbonyl (C=O) groups excluding carboxylic acids is 2. The average molecular weight is 446 g/mol. The molecule has 2 aliphatic rings. The highest BCUT2D eigenvalue weighted by molar-refractivity contribution is 8.17. The van der Waals surface area contributed by atoms with E-state index in [4.69, 9.17) is 0 Å². The zero-order valence-electron chi connectivity index (χ0n) is 15.8. The van der Waals surface area contributed by atoms with Gasteiger partial charge in [0.25, 0.3) is 5.91 Å². The number of amides is 2. The number of aromatic nitrogens is 3. The van der Waals surface area contributed by atoms with Gasteiger partial charge in [0.05, 0.1) is 23.7 Å². The number of carboxylic acid groups (broad SMARTS) is 1. The average Bonchev–Trinajstić information content (AvgIpc) is 3.25. The highest BCUT2D eigenvalue weighted by atomic mass is 32.2. The smallest absolute Gasteiger partial charge is 0.353 e. The molecule has 156 valence electrons. The van der Waals surface area contributed by atoms with Crippen LogP contribution < -0.4 is 5.32 Å². The lowest BCUT2D eigenvalue weighted by molar-refractivity contribution is -0.155. The Bertz CT molecular complexity index is 980. The number of H-pyrrole nitrogens is 1. The normalized spacial score (nSPS) is 20.5. The summed E-state index contributed by atoms with van der Waals surface area (Å²) in [6.45, 7) is 0. The number of hydrogen-bond donors (Lipinski definition) is 3.